The summed E-state index contributed by atoms with van der Waals surface area (Å²) in [4.78, 5) is 2.36. The summed E-state index contributed by atoms with van der Waals surface area (Å²) in [6, 6.07) is 0. The standard InChI is InChI=1S/C8H13NOS/c11-5-4-9-3-1-2-8(9)6-10-7-8/h1,3,11H,2,4-7H2. The summed E-state index contributed by atoms with van der Waals surface area (Å²) in [7, 11) is 0. The molecule has 1 spiro atoms. The minimum absolute atomic E-state index is 0.336. The fourth-order valence-electron chi connectivity index (χ4n) is 1.72. The molecule has 0 aromatic carbocycles. The fraction of sp³-hybridized carbons (Fsp3) is 0.750. The van der Waals surface area contributed by atoms with Gasteiger partial charge in [-0.05, 0) is 12.6 Å². The van der Waals surface area contributed by atoms with Crippen LogP contribution in [0.2, 0.25) is 0 Å². The van der Waals surface area contributed by atoms with Crippen molar-refractivity contribution >= 4 is 12.6 Å². The maximum absolute atomic E-state index is 5.23. The van der Waals surface area contributed by atoms with Crippen molar-refractivity contribution in [2.75, 3.05) is 25.5 Å². The van der Waals surface area contributed by atoms with E-state index in [-0.39, 0.29) is 0 Å². The first-order valence-corrected chi connectivity index (χ1v) is 4.63. The van der Waals surface area contributed by atoms with Crippen molar-refractivity contribution in [3.05, 3.63) is 12.3 Å². The van der Waals surface area contributed by atoms with Gasteiger partial charge >= 0.3 is 0 Å². The highest BCUT2D eigenvalue weighted by atomic mass is 32.1. The lowest BCUT2D eigenvalue weighted by Gasteiger charge is -2.46. The Morgan fingerprint density at radius 2 is 2.36 bits per heavy atom. The van der Waals surface area contributed by atoms with E-state index in [4.69, 9.17) is 4.74 Å². The number of thiol groups is 1. The average molecular weight is 171 g/mol. The van der Waals surface area contributed by atoms with Gasteiger partial charge in [-0.1, -0.05) is 6.08 Å². The first kappa shape index (κ1) is 7.50. The molecule has 2 nitrogen and oxygen atoms in total. The highest BCUT2D eigenvalue weighted by Gasteiger charge is 2.43. The van der Waals surface area contributed by atoms with Gasteiger partial charge in [-0.25, -0.2) is 0 Å². The second kappa shape index (κ2) is 2.72. The highest BCUT2D eigenvalue weighted by Crippen LogP contribution is 2.33. The molecule has 62 valence electrons. The van der Waals surface area contributed by atoms with Gasteiger partial charge < -0.3 is 9.64 Å². The van der Waals surface area contributed by atoms with Gasteiger partial charge in [-0.15, -0.1) is 0 Å². The first-order valence-electron chi connectivity index (χ1n) is 3.99. The smallest absolute Gasteiger partial charge is 0.0897 e. The van der Waals surface area contributed by atoms with Crippen LogP contribution in [0.3, 0.4) is 0 Å². The van der Waals surface area contributed by atoms with Crippen LogP contribution in [0.1, 0.15) is 6.42 Å². The van der Waals surface area contributed by atoms with E-state index >= 15 is 0 Å². The third kappa shape index (κ3) is 1.07. The maximum Gasteiger partial charge on any atom is 0.0897 e. The molecule has 11 heavy (non-hydrogen) atoms. The Morgan fingerprint density at radius 3 is 2.91 bits per heavy atom. The molecule has 1 fully saturated rings. The fourth-order valence-corrected chi connectivity index (χ4v) is 1.93. The summed E-state index contributed by atoms with van der Waals surface area (Å²) < 4.78 is 5.23. The normalized spacial score (nSPS) is 26.1. The van der Waals surface area contributed by atoms with Crippen LogP contribution >= 0.6 is 12.6 Å². The lowest BCUT2D eigenvalue weighted by atomic mass is 9.94. The van der Waals surface area contributed by atoms with Crippen molar-refractivity contribution < 1.29 is 4.74 Å². The van der Waals surface area contributed by atoms with Gasteiger partial charge in [0, 0.05) is 12.3 Å². The van der Waals surface area contributed by atoms with Crippen LogP contribution < -0.4 is 0 Å². The number of hydrogen-bond donors (Lipinski definition) is 1. The SMILES string of the molecule is SCCN1C=CCC12COC2. The number of hydrogen-bond acceptors (Lipinski definition) is 3. The predicted molar refractivity (Wildman–Crippen MR) is 47.9 cm³/mol. The van der Waals surface area contributed by atoms with Crippen molar-refractivity contribution in [3.63, 3.8) is 0 Å². The topological polar surface area (TPSA) is 12.5 Å². The molecule has 0 amide bonds. The zero-order chi connectivity index (χ0) is 7.73. The average Bonchev–Trinajstić information content (AvgIpc) is 2.31. The first-order chi connectivity index (χ1) is 5.37. The van der Waals surface area contributed by atoms with Gasteiger partial charge in [-0.2, -0.15) is 12.6 Å². The Balaban J connectivity index is 2.00. The summed E-state index contributed by atoms with van der Waals surface area (Å²) >= 11 is 4.22. The molecule has 0 saturated carbocycles. The Kier molecular flexibility index (Phi) is 1.85. The van der Waals surface area contributed by atoms with E-state index in [2.05, 4.69) is 29.8 Å². The maximum atomic E-state index is 5.23. The summed E-state index contributed by atoms with van der Waals surface area (Å²) in [5.41, 5.74) is 0.336. The molecule has 2 heterocycles. The Bertz CT molecular complexity index is 177. The van der Waals surface area contributed by atoms with E-state index in [1.165, 1.54) is 0 Å². The number of nitrogens with zero attached hydrogens (tertiary/aromatic N) is 1. The second-order valence-corrected chi connectivity index (χ2v) is 3.67. The molecule has 0 aromatic heterocycles. The molecule has 0 N–H and O–H groups in total. The van der Waals surface area contributed by atoms with E-state index in [1.54, 1.807) is 0 Å². The van der Waals surface area contributed by atoms with E-state index < -0.39 is 0 Å². The Hall–Kier alpha value is -0.150. The second-order valence-electron chi connectivity index (χ2n) is 3.22. The minimum Gasteiger partial charge on any atom is -0.376 e. The van der Waals surface area contributed by atoms with Gasteiger partial charge in [0.1, 0.15) is 0 Å². The molecule has 2 rings (SSSR count). The van der Waals surface area contributed by atoms with Gasteiger partial charge in [0.2, 0.25) is 0 Å². The predicted octanol–water partition coefficient (Wildman–Crippen LogP) is 0.905. The molecule has 0 radical (unpaired) electrons. The van der Waals surface area contributed by atoms with Crippen molar-refractivity contribution in [2.45, 2.75) is 12.0 Å². The Labute approximate surface area is 72.6 Å². The molecule has 2 aliphatic heterocycles. The van der Waals surface area contributed by atoms with Crippen LogP contribution in [0.15, 0.2) is 12.3 Å². The number of rotatable bonds is 2. The third-order valence-electron chi connectivity index (χ3n) is 2.47. The summed E-state index contributed by atoms with van der Waals surface area (Å²) in [6.07, 6.45) is 5.56. The largest absolute Gasteiger partial charge is 0.376 e. The van der Waals surface area contributed by atoms with Crippen LogP contribution in [0.4, 0.5) is 0 Å². The molecule has 2 aliphatic rings. The molecule has 0 unspecified atom stereocenters. The van der Waals surface area contributed by atoms with E-state index in [0.717, 1.165) is 31.9 Å². The highest BCUT2D eigenvalue weighted by molar-refractivity contribution is 7.80. The molecule has 0 aromatic rings. The van der Waals surface area contributed by atoms with Crippen LogP contribution in [-0.2, 0) is 4.74 Å². The minimum atomic E-state index is 0.336. The van der Waals surface area contributed by atoms with Crippen molar-refractivity contribution in [3.8, 4) is 0 Å². The van der Waals surface area contributed by atoms with Crippen LogP contribution in [0.25, 0.3) is 0 Å². The monoisotopic (exact) mass is 171 g/mol. The molecular formula is C8H13NOS. The van der Waals surface area contributed by atoms with Crippen molar-refractivity contribution in [1.82, 2.24) is 4.90 Å². The zero-order valence-corrected chi connectivity index (χ0v) is 7.39. The van der Waals surface area contributed by atoms with Crippen LogP contribution in [-0.4, -0.2) is 36.0 Å². The summed E-state index contributed by atoms with van der Waals surface area (Å²) in [6.45, 7) is 2.84. The van der Waals surface area contributed by atoms with Crippen molar-refractivity contribution in [1.29, 1.82) is 0 Å². The van der Waals surface area contributed by atoms with E-state index in [0.29, 0.717) is 5.54 Å². The molecule has 0 atom stereocenters. The van der Waals surface area contributed by atoms with Gasteiger partial charge in [-0.3, -0.25) is 0 Å². The number of ether oxygens (including phenoxy) is 1. The lowest BCUT2D eigenvalue weighted by molar-refractivity contribution is -0.114. The van der Waals surface area contributed by atoms with Crippen molar-refractivity contribution in [2.24, 2.45) is 0 Å². The quantitative estimate of drug-likeness (QED) is 0.620. The molecule has 1 saturated heterocycles. The van der Waals surface area contributed by atoms with Crippen LogP contribution in [0.5, 0.6) is 0 Å². The Morgan fingerprint density at radius 1 is 1.55 bits per heavy atom. The molecular weight excluding hydrogens is 158 g/mol. The van der Waals surface area contributed by atoms with Gasteiger partial charge in [0.15, 0.2) is 0 Å². The third-order valence-corrected chi connectivity index (χ3v) is 2.67. The molecule has 3 heteroatoms. The molecule has 0 bridgehead atoms. The van der Waals surface area contributed by atoms with Gasteiger partial charge in [0.05, 0.1) is 18.8 Å². The molecule has 0 aliphatic carbocycles. The van der Waals surface area contributed by atoms with E-state index in [9.17, 15) is 0 Å². The van der Waals surface area contributed by atoms with Crippen LogP contribution in [0, 0.1) is 0 Å². The van der Waals surface area contributed by atoms with E-state index in [1.807, 2.05) is 0 Å². The lowest BCUT2D eigenvalue weighted by Crippen LogP contribution is -2.58. The van der Waals surface area contributed by atoms with Gasteiger partial charge in [0.25, 0.3) is 0 Å². The summed E-state index contributed by atoms with van der Waals surface area (Å²) in [5.74, 6) is 0.923. The summed E-state index contributed by atoms with van der Waals surface area (Å²) in [5, 5.41) is 0. The zero-order valence-electron chi connectivity index (χ0n) is 6.49.